The molecule has 2 nitrogen and oxygen atoms in total. The Morgan fingerprint density at radius 1 is 0.654 bits per heavy atom. The van der Waals surface area contributed by atoms with Crippen molar-refractivity contribution in [1.82, 2.24) is 0 Å². The van der Waals surface area contributed by atoms with Gasteiger partial charge >= 0.3 is 0 Å². The van der Waals surface area contributed by atoms with Crippen molar-refractivity contribution in [3.8, 4) is 11.8 Å². The van der Waals surface area contributed by atoms with E-state index in [2.05, 4.69) is 39.5 Å². The third-order valence-electron chi connectivity index (χ3n) is 4.39. The van der Waals surface area contributed by atoms with Crippen LogP contribution in [0.5, 0.6) is 0 Å². The van der Waals surface area contributed by atoms with Crippen molar-refractivity contribution >= 4 is 0 Å². The van der Waals surface area contributed by atoms with Crippen LogP contribution in [0.15, 0.2) is 60.7 Å². The number of aliphatic hydroxyl groups is 2. The van der Waals surface area contributed by atoms with Crippen LogP contribution in [0.25, 0.3) is 0 Å². The summed E-state index contributed by atoms with van der Waals surface area (Å²) in [5.74, 6) is 6.62. The van der Waals surface area contributed by atoms with Gasteiger partial charge in [0, 0.05) is 0 Å². The van der Waals surface area contributed by atoms with Gasteiger partial charge in [-0.15, -0.1) is 0 Å². The second kappa shape index (κ2) is 8.54. The lowest BCUT2D eigenvalue weighted by atomic mass is 9.82. The summed E-state index contributed by atoms with van der Waals surface area (Å²) >= 11 is 0. The van der Waals surface area contributed by atoms with Gasteiger partial charge in [0.25, 0.3) is 0 Å². The van der Waals surface area contributed by atoms with Gasteiger partial charge in [-0.1, -0.05) is 100 Å². The zero-order valence-electron chi connectivity index (χ0n) is 16.2. The third-order valence-corrected chi connectivity index (χ3v) is 4.39. The van der Waals surface area contributed by atoms with E-state index in [1.54, 1.807) is 0 Å². The topological polar surface area (TPSA) is 40.5 Å². The Bertz CT molecular complexity index is 677. The van der Waals surface area contributed by atoms with Gasteiger partial charge in [0.05, 0.1) is 0 Å². The van der Waals surface area contributed by atoms with E-state index in [9.17, 15) is 10.2 Å². The highest BCUT2D eigenvalue weighted by molar-refractivity contribution is 5.37. The second-order valence-electron chi connectivity index (χ2n) is 7.90. The molecule has 0 bridgehead atoms. The largest absolute Gasteiger partial charge is 0.373 e. The summed E-state index contributed by atoms with van der Waals surface area (Å²) in [5.41, 5.74) is -1.04. The van der Waals surface area contributed by atoms with Crippen LogP contribution in [-0.2, 0) is 11.2 Å². The quantitative estimate of drug-likeness (QED) is 0.731. The molecular weight excluding hydrogens is 320 g/mol. The minimum atomic E-state index is -1.28. The van der Waals surface area contributed by atoms with E-state index in [-0.39, 0.29) is 11.8 Å². The molecule has 0 saturated carbocycles. The standard InChI is InChI=1S/C24H30O2/c1-19(2)17-23(25,21-11-7-5-8-12-21)15-16-24(26,18-20(3)4)22-13-9-6-10-14-22/h5-14,19-20,25-26H,17-18H2,1-4H3. The van der Waals surface area contributed by atoms with Crippen LogP contribution in [0, 0.1) is 23.7 Å². The first-order valence-corrected chi connectivity index (χ1v) is 9.35. The van der Waals surface area contributed by atoms with Gasteiger partial charge in [0.1, 0.15) is 0 Å². The molecule has 2 N–H and O–H groups in total. The Morgan fingerprint density at radius 2 is 0.962 bits per heavy atom. The predicted molar refractivity (Wildman–Crippen MR) is 107 cm³/mol. The summed E-state index contributed by atoms with van der Waals surface area (Å²) in [5, 5.41) is 22.6. The van der Waals surface area contributed by atoms with Crippen molar-refractivity contribution < 1.29 is 10.2 Å². The molecule has 0 spiro atoms. The van der Waals surface area contributed by atoms with Gasteiger partial charge in [-0.2, -0.15) is 0 Å². The summed E-state index contributed by atoms with van der Waals surface area (Å²) in [6.07, 6.45) is 1.02. The van der Waals surface area contributed by atoms with E-state index >= 15 is 0 Å². The molecular formula is C24H30O2. The molecule has 0 aromatic heterocycles. The third kappa shape index (κ3) is 5.21. The molecule has 2 unspecified atom stereocenters. The number of benzene rings is 2. The molecule has 0 saturated heterocycles. The molecule has 0 amide bonds. The molecule has 0 radical (unpaired) electrons. The second-order valence-corrected chi connectivity index (χ2v) is 7.90. The summed E-state index contributed by atoms with van der Waals surface area (Å²) in [7, 11) is 0. The maximum absolute atomic E-state index is 11.3. The van der Waals surface area contributed by atoms with E-state index in [0.29, 0.717) is 12.8 Å². The Hall–Kier alpha value is -2.08. The molecule has 26 heavy (non-hydrogen) atoms. The highest BCUT2D eigenvalue weighted by Gasteiger charge is 2.32. The van der Waals surface area contributed by atoms with Crippen molar-refractivity contribution in [1.29, 1.82) is 0 Å². The molecule has 0 fully saturated rings. The van der Waals surface area contributed by atoms with Crippen molar-refractivity contribution in [2.45, 2.75) is 51.7 Å². The molecule has 0 aliphatic rings. The first-order chi connectivity index (χ1) is 12.3. The first kappa shape index (κ1) is 20.2. The fourth-order valence-corrected chi connectivity index (χ4v) is 3.30. The van der Waals surface area contributed by atoms with Crippen LogP contribution >= 0.6 is 0 Å². The van der Waals surface area contributed by atoms with Crippen LogP contribution < -0.4 is 0 Å². The predicted octanol–water partition coefficient (Wildman–Crippen LogP) is 4.86. The molecule has 2 aromatic carbocycles. The average molecular weight is 351 g/mol. The lowest BCUT2D eigenvalue weighted by Crippen LogP contribution is -2.30. The van der Waals surface area contributed by atoms with Crippen molar-refractivity contribution in [2.75, 3.05) is 0 Å². The minimum Gasteiger partial charge on any atom is -0.373 e. The van der Waals surface area contributed by atoms with E-state index in [0.717, 1.165) is 11.1 Å². The van der Waals surface area contributed by atoms with E-state index in [1.165, 1.54) is 0 Å². The molecule has 2 heteroatoms. The van der Waals surface area contributed by atoms with Crippen LogP contribution in [0.2, 0.25) is 0 Å². The van der Waals surface area contributed by atoms with Crippen LogP contribution in [0.4, 0.5) is 0 Å². The monoisotopic (exact) mass is 350 g/mol. The van der Waals surface area contributed by atoms with E-state index < -0.39 is 11.2 Å². The van der Waals surface area contributed by atoms with Gasteiger partial charge in [0.15, 0.2) is 11.2 Å². The smallest absolute Gasteiger partial charge is 0.151 e. The van der Waals surface area contributed by atoms with E-state index in [1.807, 2.05) is 60.7 Å². The molecule has 0 heterocycles. The number of hydrogen-bond donors (Lipinski definition) is 2. The van der Waals surface area contributed by atoms with Gasteiger partial charge in [-0.25, -0.2) is 0 Å². The lowest BCUT2D eigenvalue weighted by Gasteiger charge is -2.28. The van der Waals surface area contributed by atoms with Crippen molar-refractivity contribution in [3.05, 3.63) is 71.8 Å². The SMILES string of the molecule is CC(C)CC(O)(C#CC(O)(CC(C)C)c1ccccc1)c1ccccc1. The minimum absolute atomic E-state index is 0.268. The molecule has 0 aliphatic carbocycles. The Balaban J connectivity index is 2.50. The van der Waals surface area contributed by atoms with Crippen LogP contribution in [-0.4, -0.2) is 10.2 Å². The summed E-state index contributed by atoms with van der Waals surface area (Å²) in [4.78, 5) is 0. The zero-order chi connectivity index (χ0) is 19.2. The normalized spacial score (nSPS) is 15.8. The highest BCUT2D eigenvalue weighted by atomic mass is 16.3. The maximum atomic E-state index is 11.3. The molecule has 138 valence electrons. The summed E-state index contributed by atoms with van der Waals surface area (Å²) in [6, 6.07) is 19.0. The molecule has 2 rings (SSSR count). The lowest BCUT2D eigenvalue weighted by molar-refractivity contribution is 0.0641. The highest BCUT2D eigenvalue weighted by Crippen LogP contribution is 2.31. The Kier molecular flexibility index (Phi) is 6.64. The van der Waals surface area contributed by atoms with Gasteiger partial charge in [0.2, 0.25) is 0 Å². The number of hydrogen-bond acceptors (Lipinski definition) is 2. The maximum Gasteiger partial charge on any atom is 0.151 e. The molecule has 2 aromatic rings. The fourth-order valence-electron chi connectivity index (χ4n) is 3.30. The van der Waals surface area contributed by atoms with Crippen molar-refractivity contribution in [3.63, 3.8) is 0 Å². The fraction of sp³-hybridized carbons (Fsp3) is 0.417. The zero-order valence-corrected chi connectivity index (χ0v) is 16.2. The molecule has 2 atom stereocenters. The summed E-state index contributed by atoms with van der Waals surface area (Å²) < 4.78 is 0. The number of rotatable bonds is 6. The first-order valence-electron chi connectivity index (χ1n) is 9.35. The van der Waals surface area contributed by atoms with Gasteiger partial charge in [-0.05, 0) is 35.8 Å². The van der Waals surface area contributed by atoms with Gasteiger partial charge in [-0.3, -0.25) is 0 Å². The van der Waals surface area contributed by atoms with Crippen LogP contribution in [0.1, 0.15) is 51.7 Å². The van der Waals surface area contributed by atoms with Crippen molar-refractivity contribution in [2.24, 2.45) is 11.8 Å². The van der Waals surface area contributed by atoms with Gasteiger partial charge < -0.3 is 10.2 Å². The van der Waals surface area contributed by atoms with Crippen LogP contribution in [0.3, 0.4) is 0 Å². The average Bonchev–Trinajstić information content (AvgIpc) is 2.60. The molecule has 0 aliphatic heterocycles. The summed E-state index contributed by atoms with van der Waals surface area (Å²) in [6.45, 7) is 8.25. The Labute approximate surface area is 157 Å². The van der Waals surface area contributed by atoms with E-state index in [4.69, 9.17) is 0 Å². The Morgan fingerprint density at radius 3 is 1.23 bits per heavy atom.